The summed E-state index contributed by atoms with van der Waals surface area (Å²) in [5.41, 5.74) is 0.494. The normalized spacial score (nSPS) is 15.8. The van der Waals surface area contributed by atoms with Gasteiger partial charge in [-0.1, -0.05) is 30.2 Å². The molecular weight excluding hydrogens is 426 g/mol. The molecule has 2 aromatic carbocycles. The van der Waals surface area contributed by atoms with Crippen LogP contribution in [0.4, 0.5) is 5.69 Å². The lowest BCUT2D eigenvalue weighted by atomic mass is 10.2. The number of benzene rings is 2. The van der Waals surface area contributed by atoms with Gasteiger partial charge >= 0.3 is 0 Å². The summed E-state index contributed by atoms with van der Waals surface area (Å²) in [4.78, 5) is 12.7. The van der Waals surface area contributed by atoms with Crippen LogP contribution in [0.5, 0.6) is 5.75 Å². The summed E-state index contributed by atoms with van der Waals surface area (Å²) in [7, 11) is -3.66. The summed E-state index contributed by atoms with van der Waals surface area (Å²) in [5.74, 6) is -0.229. The van der Waals surface area contributed by atoms with E-state index in [1.165, 1.54) is 29.4 Å². The zero-order valence-corrected chi connectivity index (χ0v) is 18.0. The van der Waals surface area contributed by atoms with Crippen molar-refractivity contribution in [2.45, 2.75) is 37.2 Å². The number of carbonyl (C=O) groups excluding carboxylic acids is 1. The lowest BCUT2D eigenvalue weighted by Crippen LogP contribution is -2.35. The highest BCUT2D eigenvalue weighted by atomic mass is 35.5. The second-order valence-electron chi connectivity index (χ2n) is 6.96. The predicted molar refractivity (Wildman–Crippen MR) is 114 cm³/mol. The number of para-hydroxylation sites is 1. The molecule has 1 atom stereocenters. The van der Waals surface area contributed by atoms with Gasteiger partial charge in [0, 0.05) is 13.1 Å². The summed E-state index contributed by atoms with van der Waals surface area (Å²) in [6, 6.07) is 12.8. The number of rotatable bonds is 6. The van der Waals surface area contributed by atoms with Crippen LogP contribution in [0.2, 0.25) is 5.02 Å². The lowest BCUT2D eigenvalue weighted by molar-refractivity contribution is -0.122. The molecule has 0 aromatic heterocycles. The molecule has 0 saturated carbocycles. The summed E-state index contributed by atoms with van der Waals surface area (Å²) < 4.78 is 32.8. The number of anilines is 1. The molecular formula is C21H22ClN3O4S. The van der Waals surface area contributed by atoms with Crippen LogP contribution in [0, 0.1) is 11.3 Å². The molecule has 0 spiro atoms. The Bertz CT molecular complexity index is 1080. The van der Waals surface area contributed by atoms with E-state index in [2.05, 4.69) is 5.32 Å². The molecule has 0 aliphatic carbocycles. The first-order valence-electron chi connectivity index (χ1n) is 9.59. The van der Waals surface area contributed by atoms with Crippen molar-refractivity contribution in [3.63, 3.8) is 0 Å². The monoisotopic (exact) mass is 447 g/mol. The Balaban J connectivity index is 1.76. The molecule has 1 aliphatic heterocycles. The van der Waals surface area contributed by atoms with E-state index in [0.717, 1.165) is 19.3 Å². The number of sulfonamides is 1. The van der Waals surface area contributed by atoms with Crippen molar-refractivity contribution >= 4 is 33.2 Å². The maximum atomic E-state index is 12.9. The van der Waals surface area contributed by atoms with Gasteiger partial charge in [-0.05, 0) is 50.1 Å². The van der Waals surface area contributed by atoms with Crippen molar-refractivity contribution in [2.24, 2.45) is 0 Å². The highest BCUT2D eigenvalue weighted by Crippen LogP contribution is 2.28. The van der Waals surface area contributed by atoms with Crippen molar-refractivity contribution in [3.05, 3.63) is 53.1 Å². The molecule has 3 rings (SSSR count). The number of halogens is 1. The molecule has 1 saturated heterocycles. The number of nitrogens with one attached hydrogen (secondary N) is 1. The maximum Gasteiger partial charge on any atom is 0.265 e. The molecule has 0 radical (unpaired) electrons. The fraction of sp³-hybridized carbons (Fsp3) is 0.333. The average Bonchev–Trinajstić information content (AvgIpc) is 2.76. The van der Waals surface area contributed by atoms with Gasteiger partial charge in [0.15, 0.2) is 6.10 Å². The molecule has 1 heterocycles. The maximum absolute atomic E-state index is 12.9. The first-order valence-corrected chi connectivity index (χ1v) is 11.4. The number of hydrogen-bond acceptors (Lipinski definition) is 5. The molecule has 9 heteroatoms. The van der Waals surface area contributed by atoms with Crippen LogP contribution in [0.3, 0.4) is 0 Å². The van der Waals surface area contributed by atoms with Crippen LogP contribution < -0.4 is 10.1 Å². The highest BCUT2D eigenvalue weighted by molar-refractivity contribution is 7.89. The molecule has 1 N–H and O–H groups in total. The number of ether oxygens (including phenoxy) is 1. The standard InChI is InChI=1S/C21H22ClN3O4S/c1-15(29-20-8-4-3-7-16(20)14-23)21(26)24-19-13-17(9-10-18(19)22)30(27,28)25-11-5-2-6-12-25/h3-4,7-10,13,15H,2,5-6,11-12H2,1H3,(H,24,26)/t15-/m0/s1. The van der Waals surface area contributed by atoms with E-state index in [9.17, 15) is 13.2 Å². The van der Waals surface area contributed by atoms with Gasteiger partial charge in [-0.25, -0.2) is 8.42 Å². The van der Waals surface area contributed by atoms with E-state index in [1.54, 1.807) is 24.3 Å². The van der Waals surface area contributed by atoms with Gasteiger partial charge in [0.05, 0.1) is 21.2 Å². The third-order valence-corrected chi connectivity index (χ3v) is 7.05. The zero-order chi connectivity index (χ0) is 21.7. The van der Waals surface area contributed by atoms with Gasteiger partial charge < -0.3 is 10.1 Å². The molecule has 30 heavy (non-hydrogen) atoms. The molecule has 158 valence electrons. The van der Waals surface area contributed by atoms with Crippen molar-refractivity contribution in [2.75, 3.05) is 18.4 Å². The number of piperidine rings is 1. The fourth-order valence-electron chi connectivity index (χ4n) is 3.16. The molecule has 1 amide bonds. The Hall–Kier alpha value is -2.60. The van der Waals surface area contributed by atoms with E-state index in [1.807, 2.05) is 6.07 Å². The zero-order valence-electron chi connectivity index (χ0n) is 16.5. The van der Waals surface area contributed by atoms with Crippen LogP contribution in [-0.2, 0) is 14.8 Å². The number of hydrogen-bond donors (Lipinski definition) is 1. The smallest absolute Gasteiger partial charge is 0.265 e. The van der Waals surface area contributed by atoms with Crippen LogP contribution in [0.1, 0.15) is 31.7 Å². The molecule has 0 unspecified atom stereocenters. The molecule has 7 nitrogen and oxygen atoms in total. The Morgan fingerprint density at radius 2 is 1.90 bits per heavy atom. The van der Waals surface area contributed by atoms with Gasteiger partial charge in [0.2, 0.25) is 10.0 Å². The van der Waals surface area contributed by atoms with E-state index < -0.39 is 22.0 Å². The third kappa shape index (κ3) is 4.93. The van der Waals surface area contributed by atoms with Gasteiger partial charge in [-0.15, -0.1) is 0 Å². The van der Waals surface area contributed by atoms with Crippen molar-refractivity contribution in [1.29, 1.82) is 5.26 Å². The third-order valence-electron chi connectivity index (χ3n) is 4.83. The fourth-order valence-corrected chi connectivity index (χ4v) is 4.86. The topological polar surface area (TPSA) is 99.5 Å². The summed E-state index contributed by atoms with van der Waals surface area (Å²) >= 11 is 6.18. The quantitative estimate of drug-likeness (QED) is 0.726. The van der Waals surface area contributed by atoms with Gasteiger partial charge in [-0.3, -0.25) is 4.79 Å². The van der Waals surface area contributed by atoms with Gasteiger partial charge in [0.1, 0.15) is 11.8 Å². The van der Waals surface area contributed by atoms with Crippen molar-refractivity contribution in [1.82, 2.24) is 4.31 Å². The van der Waals surface area contributed by atoms with Crippen LogP contribution in [0.25, 0.3) is 0 Å². The number of nitriles is 1. The number of amides is 1. The summed E-state index contributed by atoms with van der Waals surface area (Å²) in [5, 5.41) is 12.0. The van der Waals surface area contributed by atoms with E-state index >= 15 is 0 Å². The van der Waals surface area contributed by atoms with E-state index in [0.29, 0.717) is 18.7 Å². The van der Waals surface area contributed by atoms with Crippen LogP contribution >= 0.6 is 11.6 Å². The first kappa shape index (κ1) is 22.1. The van der Waals surface area contributed by atoms with Gasteiger partial charge in [-0.2, -0.15) is 9.57 Å². The summed E-state index contributed by atoms with van der Waals surface area (Å²) in [6.07, 6.45) is 1.74. The Labute approximate surface area is 181 Å². The number of nitrogens with zero attached hydrogens (tertiary/aromatic N) is 2. The predicted octanol–water partition coefficient (Wildman–Crippen LogP) is 3.79. The first-order chi connectivity index (χ1) is 14.3. The molecule has 0 bridgehead atoms. The molecule has 1 fully saturated rings. The van der Waals surface area contributed by atoms with Crippen LogP contribution in [-0.4, -0.2) is 37.8 Å². The van der Waals surface area contributed by atoms with Gasteiger partial charge in [0.25, 0.3) is 5.91 Å². The molecule has 2 aromatic rings. The second-order valence-corrected chi connectivity index (χ2v) is 9.31. The Kier molecular flexibility index (Phi) is 6.98. The van der Waals surface area contributed by atoms with E-state index in [-0.39, 0.29) is 21.4 Å². The average molecular weight is 448 g/mol. The summed E-state index contributed by atoms with van der Waals surface area (Å²) in [6.45, 7) is 2.50. The second kappa shape index (κ2) is 9.47. The van der Waals surface area contributed by atoms with Crippen LogP contribution in [0.15, 0.2) is 47.4 Å². The Morgan fingerprint density at radius 3 is 2.60 bits per heavy atom. The Morgan fingerprint density at radius 1 is 1.20 bits per heavy atom. The van der Waals surface area contributed by atoms with Crippen molar-refractivity contribution in [3.8, 4) is 11.8 Å². The van der Waals surface area contributed by atoms with E-state index in [4.69, 9.17) is 21.6 Å². The minimum atomic E-state index is -3.66. The SMILES string of the molecule is C[C@H](Oc1ccccc1C#N)C(=O)Nc1cc(S(=O)(=O)N2CCCCC2)ccc1Cl. The lowest BCUT2D eigenvalue weighted by Gasteiger charge is -2.26. The minimum Gasteiger partial charge on any atom is -0.480 e. The number of carbonyl (C=O) groups is 1. The minimum absolute atomic E-state index is 0.0764. The van der Waals surface area contributed by atoms with Crippen molar-refractivity contribution < 1.29 is 17.9 Å². The highest BCUT2D eigenvalue weighted by Gasteiger charge is 2.27. The molecule has 1 aliphatic rings. The largest absolute Gasteiger partial charge is 0.480 e.